The van der Waals surface area contributed by atoms with Crippen molar-refractivity contribution in [1.82, 2.24) is 24.6 Å². The first kappa shape index (κ1) is 22.1. The molecule has 2 fully saturated rings. The molecule has 3 aromatic heterocycles. The molecule has 0 unspecified atom stereocenters. The molecule has 10 nitrogen and oxygen atoms in total. The van der Waals surface area contributed by atoms with Gasteiger partial charge in [-0.05, 0) is 44.0 Å². The summed E-state index contributed by atoms with van der Waals surface area (Å²) in [6, 6.07) is 14.3. The lowest BCUT2D eigenvalue weighted by Crippen LogP contribution is -2.49. The number of amides is 1. The predicted molar refractivity (Wildman–Crippen MR) is 135 cm³/mol. The number of aryl methyl sites for hydroxylation is 1. The Morgan fingerprint density at radius 3 is 2.50 bits per heavy atom. The second-order valence-electron chi connectivity index (χ2n) is 9.28. The molecule has 36 heavy (non-hydrogen) atoms. The second kappa shape index (κ2) is 8.71. The van der Waals surface area contributed by atoms with Crippen LogP contribution in [0.25, 0.3) is 16.9 Å². The van der Waals surface area contributed by atoms with Crippen molar-refractivity contribution in [2.75, 3.05) is 31.1 Å². The monoisotopic (exact) mass is 483 g/mol. The summed E-state index contributed by atoms with van der Waals surface area (Å²) >= 11 is 0. The van der Waals surface area contributed by atoms with E-state index in [1.165, 1.54) is 6.07 Å². The van der Waals surface area contributed by atoms with Crippen molar-refractivity contribution in [2.24, 2.45) is 0 Å². The minimum atomic E-state index is -0.359. The third kappa shape index (κ3) is 3.84. The minimum Gasteiger partial charge on any atom is -0.362 e. The Hall–Kier alpha value is -4.34. The molecule has 0 spiro atoms. The number of anilines is 1. The standard InChI is InChI=1S/C26H25N7O3/c1-17-24-19(16-20(18-9-10-18)28-25(24)32(29-17)23-8-4-5-11-27-23)26(34)31-14-12-30(13-15-31)21-6-2-3-7-22(21)33(35)36/h2-8,11,16,18H,9-10,12-15H2,1H3. The van der Waals surface area contributed by atoms with E-state index >= 15 is 0 Å². The molecule has 6 rings (SSSR count). The van der Waals surface area contributed by atoms with Gasteiger partial charge < -0.3 is 9.80 Å². The summed E-state index contributed by atoms with van der Waals surface area (Å²) in [5.74, 6) is 0.964. The van der Waals surface area contributed by atoms with E-state index in [0.717, 1.165) is 29.6 Å². The van der Waals surface area contributed by atoms with Gasteiger partial charge in [0.05, 0.1) is 21.6 Å². The Labute approximate surface area is 207 Å². The lowest BCUT2D eigenvalue weighted by molar-refractivity contribution is -0.384. The highest BCUT2D eigenvalue weighted by atomic mass is 16.6. The number of carbonyl (C=O) groups excluding carboxylic acids is 1. The van der Waals surface area contributed by atoms with Crippen molar-refractivity contribution in [3.05, 3.63) is 81.8 Å². The van der Waals surface area contributed by atoms with E-state index in [1.54, 1.807) is 29.1 Å². The minimum absolute atomic E-state index is 0.0600. The fourth-order valence-electron chi connectivity index (χ4n) is 4.91. The molecule has 4 heterocycles. The normalized spacial score (nSPS) is 15.9. The molecule has 0 radical (unpaired) electrons. The zero-order valence-corrected chi connectivity index (χ0v) is 19.9. The number of aromatic nitrogens is 4. The van der Waals surface area contributed by atoms with Crippen molar-refractivity contribution in [2.45, 2.75) is 25.7 Å². The molecule has 0 N–H and O–H groups in total. The van der Waals surface area contributed by atoms with Crippen LogP contribution in [0.5, 0.6) is 0 Å². The maximum atomic E-state index is 13.8. The van der Waals surface area contributed by atoms with Gasteiger partial charge in [0.1, 0.15) is 5.69 Å². The van der Waals surface area contributed by atoms with E-state index in [2.05, 4.69) is 4.98 Å². The number of nitro groups is 1. The maximum absolute atomic E-state index is 13.8. The van der Waals surface area contributed by atoms with Gasteiger partial charge in [-0.15, -0.1) is 0 Å². The molecule has 2 aliphatic rings. The van der Waals surface area contributed by atoms with E-state index in [0.29, 0.717) is 54.8 Å². The number of carbonyl (C=O) groups is 1. The highest BCUT2D eigenvalue weighted by Crippen LogP contribution is 2.41. The van der Waals surface area contributed by atoms with Crippen LogP contribution in [0.15, 0.2) is 54.7 Å². The predicted octanol–water partition coefficient (Wildman–Crippen LogP) is 3.87. The number of hydrogen-bond donors (Lipinski definition) is 0. The van der Waals surface area contributed by atoms with E-state index in [1.807, 2.05) is 41.0 Å². The number of piperazine rings is 1. The van der Waals surface area contributed by atoms with Crippen molar-refractivity contribution in [1.29, 1.82) is 0 Å². The van der Waals surface area contributed by atoms with E-state index < -0.39 is 0 Å². The Morgan fingerprint density at radius 2 is 1.81 bits per heavy atom. The summed E-state index contributed by atoms with van der Waals surface area (Å²) in [4.78, 5) is 38.1. The Morgan fingerprint density at radius 1 is 1.06 bits per heavy atom. The highest BCUT2D eigenvalue weighted by molar-refractivity contribution is 6.07. The number of hydrogen-bond acceptors (Lipinski definition) is 7. The third-order valence-electron chi connectivity index (χ3n) is 6.91. The van der Waals surface area contributed by atoms with Crippen LogP contribution >= 0.6 is 0 Å². The van der Waals surface area contributed by atoms with Gasteiger partial charge in [-0.2, -0.15) is 9.78 Å². The number of benzene rings is 1. The smallest absolute Gasteiger partial charge is 0.292 e. The van der Waals surface area contributed by atoms with E-state index in [-0.39, 0.29) is 16.5 Å². The summed E-state index contributed by atoms with van der Waals surface area (Å²) in [5, 5.41) is 16.9. The molecule has 0 bridgehead atoms. The van der Waals surface area contributed by atoms with Gasteiger partial charge in [0.2, 0.25) is 0 Å². The van der Waals surface area contributed by atoms with Gasteiger partial charge in [-0.1, -0.05) is 18.2 Å². The lowest BCUT2D eigenvalue weighted by atomic mass is 10.1. The molecule has 1 aliphatic heterocycles. The van der Waals surface area contributed by atoms with E-state index in [4.69, 9.17) is 10.1 Å². The van der Waals surface area contributed by atoms with Crippen LogP contribution in [0.3, 0.4) is 0 Å². The second-order valence-corrected chi connectivity index (χ2v) is 9.28. The van der Waals surface area contributed by atoms with Gasteiger partial charge in [0, 0.05) is 50.1 Å². The van der Waals surface area contributed by atoms with Gasteiger partial charge in [-0.25, -0.2) is 9.97 Å². The zero-order chi connectivity index (χ0) is 24.8. The summed E-state index contributed by atoms with van der Waals surface area (Å²) in [5.41, 5.74) is 3.58. The van der Waals surface area contributed by atoms with Crippen LogP contribution < -0.4 is 4.90 Å². The van der Waals surface area contributed by atoms with Gasteiger partial charge >= 0.3 is 0 Å². The van der Waals surface area contributed by atoms with Gasteiger partial charge in [-0.3, -0.25) is 14.9 Å². The molecule has 1 aromatic carbocycles. The average Bonchev–Trinajstić information content (AvgIpc) is 3.72. The molecule has 182 valence electrons. The Kier molecular flexibility index (Phi) is 5.36. The van der Waals surface area contributed by atoms with Gasteiger partial charge in [0.25, 0.3) is 11.6 Å². The number of fused-ring (bicyclic) bond motifs is 1. The van der Waals surface area contributed by atoms with Crippen molar-refractivity contribution in [3.63, 3.8) is 0 Å². The largest absolute Gasteiger partial charge is 0.362 e. The van der Waals surface area contributed by atoms with Gasteiger partial charge in [0.15, 0.2) is 11.5 Å². The Balaban J connectivity index is 1.33. The fraction of sp³-hybridized carbons (Fsp3) is 0.308. The lowest BCUT2D eigenvalue weighted by Gasteiger charge is -2.36. The number of nitro benzene ring substituents is 1. The average molecular weight is 484 g/mol. The van der Waals surface area contributed by atoms with Crippen molar-refractivity contribution in [3.8, 4) is 5.82 Å². The fourth-order valence-corrected chi connectivity index (χ4v) is 4.91. The summed E-state index contributed by atoms with van der Waals surface area (Å²) in [7, 11) is 0. The maximum Gasteiger partial charge on any atom is 0.292 e. The number of para-hydroxylation sites is 2. The quantitative estimate of drug-likeness (QED) is 0.313. The highest BCUT2D eigenvalue weighted by Gasteiger charge is 2.32. The first-order valence-electron chi connectivity index (χ1n) is 12.1. The topological polar surface area (TPSA) is 110 Å². The first-order valence-corrected chi connectivity index (χ1v) is 12.1. The van der Waals surface area contributed by atoms with E-state index in [9.17, 15) is 14.9 Å². The third-order valence-corrected chi connectivity index (χ3v) is 6.91. The molecule has 1 saturated heterocycles. The molecular weight excluding hydrogens is 458 g/mol. The van der Waals surface area contributed by atoms with Crippen LogP contribution in [0.4, 0.5) is 11.4 Å². The molecule has 0 atom stereocenters. The molecule has 1 aliphatic carbocycles. The molecule has 1 saturated carbocycles. The zero-order valence-electron chi connectivity index (χ0n) is 19.9. The molecule has 10 heteroatoms. The van der Waals surface area contributed by atoms with Crippen LogP contribution in [-0.2, 0) is 0 Å². The first-order chi connectivity index (χ1) is 17.5. The number of rotatable bonds is 5. The molecule has 1 amide bonds. The number of nitrogens with zero attached hydrogens (tertiary/aromatic N) is 7. The van der Waals surface area contributed by atoms with Crippen LogP contribution in [0.1, 0.15) is 40.5 Å². The molecule has 4 aromatic rings. The van der Waals surface area contributed by atoms with Crippen LogP contribution in [0, 0.1) is 17.0 Å². The Bertz CT molecular complexity index is 1470. The van der Waals surface area contributed by atoms with Crippen LogP contribution in [-0.4, -0.2) is 61.7 Å². The summed E-state index contributed by atoms with van der Waals surface area (Å²) < 4.78 is 1.72. The number of pyridine rings is 2. The van der Waals surface area contributed by atoms with Crippen LogP contribution in [0.2, 0.25) is 0 Å². The summed E-state index contributed by atoms with van der Waals surface area (Å²) in [6.07, 6.45) is 3.85. The van der Waals surface area contributed by atoms with Crippen molar-refractivity contribution < 1.29 is 9.72 Å². The summed E-state index contributed by atoms with van der Waals surface area (Å²) in [6.45, 7) is 3.88. The van der Waals surface area contributed by atoms with Crippen molar-refractivity contribution >= 4 is 28.3 Å². The SMILES string of the molecule is Cc1nn(-c2ccccn2)c2nc(C3CC3)cc(C(=O)N3CCN(c4ccccc4[N+](=O)[O-])CC3)c12. The molecular formula is C26H25N7O3.